The summed E-state index contributed by atoms with van der Waals surface area (Å²) in [5.74, 6) is 0.478. The minimum atomic E-state index is -0.788. The first-order valence-corrected chi connectivity index (χ1v) is 5.04. The molecule has 0 spiro atoms. The highest BCUT2D eigenvalue weighted by atomic mass is 79.9. The number of aromatic nitrogens is 2. The third kappa shape index (κ3) is 1.65. The summed E-state index contributed by atoms with van der Waals surface area (Å²) in [7, 11) is 0. The zero-order chi connectivity index (χ0) is 9.26. The average Bonchev–Trinajstić information content (AvgIpc) is 2.72. The zero-order valence-corrected chi connectivity index (χ0v) is 8.75. The molecule has 0 aliphatic carbocycles. The molecule has 2 heterocycles. The fourth-order valence-corrected chi connectivity index (χ4v) is 1.83. The Hall–Kier alpha value is -0.720. The molecule has 0 aliphatic rings. The zero-order valence-electron chi connectivity index (χ0n) is 6.35. The summed E-state index contributed by atoms with van der Waals surface area (Å²) >= 11 is 4.41. The topological polar surface area (TPSA) is 59.2 Å². The van der Waals surface area contributed by atoms with E-state index in [0.29, 0.717) is 10.6 Å². The van der Waals surface area contributed by atoms with Gasteiger partial charge in [-0.1, -0.05) is 4.49 Å². The molecule has 0 fully saturated rings. The maximum atomic E-state index is 9.76. The number of hydrogen-bond donors (Lipinski definition) is 1. The molecule has 2 rings (SSSR count). The maximum absolute atomic E-state index is 9.76. The van der Waals surface area contributed by atoms with Gasteiger partial charge < -0.3 is 9.52 Å². The number of rotatable bonds is 2. The van der Waals surface area contributed by atoms with Gasteiger partial charge in [0.1, 0.15) is 0 Å². The van der Waals surface area contributed by atoms with Crippen LogP contribution < -0.4 is 0 Å². The molecule has 0 aliphatic heterocycles. The summed E-state index contributed by atoms with van der Waals surface area (Å²) in [5, 5.41) is 13.4. The van der Waals surface area contributed by atoms with E-state index in [2.05, 4.69) is 25.5 Å². The molecule has 0 aromatic carbocycles. The standard InChI is InChI=1S/C7H5BrN2O2S/c8-4-1-2-12-7(4)6(11)5-3-9-10-13-5/h1-3,6,11H. The van der Waals surface area contributed by atoms with E-state index in [1.54, 1.807) is 6.07 Å². The first-order valence-electron chi connectivity index (χ1n) is 3.47. The van der Waals surface area contributed by atoms with Crippen molar-refractivity contribution in [1.29, 1.82) is 0 Å². The monoisotopic (exact) mass is 260 g/mol. The lowest BCUT2D eigenvalue weighted by molar-refractivity contribution is 0.191. The van der Waals surface area contributed by atoms with Crippen LogP contribution in [0.25, 0.3) is 0 Å². The number of aliphatic hydroxyl groups excluding tert-OH is 1. The Bertz CT molecular complexity index is 387. The van der Waals surface area contributed by atoms with Gasteiger partial charge in [0.2, 0.25) is 0 Å². The molecular formula is C7H5BrN2O2S. The highest BCUT2D eigenvalue weighted by Gasteiger charge is 2.18. The van der Waals surface area contributed by atoms with Crippen molar-refractivity contribution >= 4 is 27.5 Å². The Labute approximate surface area is 86.5 Å². The van der Waals surface area contributed by atoms with Gasteiger partial charge in [-0.25, -0.2) is 0 Å². The van der Waals surface area contributed by atoms with Crippen LogP contribution in [0.5, 0.6) is 0 Å². The Morgan fingerprint density at radius 3 is 3.00 bits per heavy atom. The van der Waals surface area contributed by atoms with Crippen LogP contribution in [0.15, 0.2) is 27.4 Å². The number of furan rings is 1. The van der Waals surface area contributed by atoms with Gasteiger partial charge in [-0.3, -0.25) is 0 Å². The molecular weight excluding hydrogens is 256 g/mol. The minimum Gasteiger partial charge on any atom is -0.465 e. The molecule has 0 bridgehead atoms. The van der Waals surface area contributed by atoms with Crippen molar-refractivity contribution in [3.8, 4) is 0 Å². The van der Waals surface area contributed by atoms with Crippen molar-refractivity contribution < 1.29 is 9.52 Å². The number of aliphatic hydroxyl groups is 1. The van der Waals surface area contributed by atoms with Crippen LogP contribution in [0.1, 0.15) is 16.7 Å². The van der Waals surface area contributed by atoms with Gasteiger partial charge in [0, 0.05) is 0 Å². The van der Waals surface area contributed by atoms with Crippen molar-refractivity contribution in [1.82, 2.24) is 9.59 Å². The Morgan fingerprint density at radius 1 is 1.62 bits per heavy atom. The number of nitrogens with zero attached hydrogens (tertiary/aromatic N) is 2. The lowest BCUT2D eigenvalue weighted by atomic mass is 10.2. The van der Waals surface area contributed by atoms with Crippen molar-refractivity contribution in [3.05, 3.63) is 33.6 Å². The van der Waals surface area contributed by atoms with E-state index in [4.69, 9.17) is 4.42 Å². The van der Waals surface area contributed by atoms with Gasteiger partial charge in [0.05, 0.1) is 21.8 Å². The second-order valence-electron chi connectivity index (χ2n) is 2.36. The van der Waals surface area contributed by atoms with Gasteiger partial charge in [-0.2, -0.15) is 0 Å². The molecule has 0 saturated carbocycles. The third-order valence-electron chi connectivity index (χ3n) is 1.54. The van der Waals surface area contributed by atoms with Crippen LogP contribution in [0.4, 0.5) is 0 Å². The van der Waals surface area contributed by atoms with Gasteiger partial charge in [-0.15, -0.1) is 5.10 Å². The molecule has 0 radical (unpaired) electrons. The molecule has 1 atom stereocenters. The molecule has 13 heavy (non-hydrogen) atoms. The average molecular weight is 261 g/mol. The van der Waals surface area contributed by atoms with Gasteiger partial charge >= 0.3 is 0 Å². The Morgan fingerprint density at radius 2 is 2.46 bits per heavy atom. The first kappa shape index (κ1) is 8.86. The van der Waals surface area contributed by atoms with Gasteiger partial charge in [0.15, 0.2) is 11.9 Å². The summed E-state index contributed by atoms with van der Waals surface area (Å²) < 4.78 is 9.51. The Kier molecular flexibility index (Phi) is 2.43. The van der Waals surface area contributed by atoms with Crippen LogP contribution >= 0.6 is 27.5 Å². The van der Waals surface area contributed by atoms with E-state index in [1.165, 1.54) is 12.5 Å². The fraction of sp³-hybridized carbons (Fsp3) is 0.143. The lowest BCUT2D eigenvalue weighted by Crippen LogP contribution is -1.95. The summed E-state index contributed by atoms with van der Waals surface area (Å²) in [6.45, 7) is 0. The predicted octanol–water partition coefficient (Wildman–Crippen LogP) is 1.98. The van der Waals surface area contributed by atoms with E-state index in [1.807, 2.05) is 0 Å². The van der Waals surface area contributed by atoms with Crippen molar-refractivity contribution in [2.45, 2.75) is 6.10 Å². The van der Waals surface area contributed by atoms with E-state index in [-0.39, 0.29) is 0 Å². The molecule has 2 aromatic heterocycles. The molecule has 1 N–H and O–H groups in total. The summed E-state index contributed by atoms with van der Waals surface area (Å²) in [6.07, 6.45) is 2.24. The smallest absolute Gasteiger partial charge is 0.151 e. The predicted molar refractivity (Wildman–Crippen MR) is 50.4 cm³/mol. The number of hydrogen-bond acceptors (Lipinski definition) is 5. The third-order valence-corrected chi connectivity index (χ3v) is 2.91. The van der Waals surface area contributed by atoms with Crippen molar-refractivity contribution in [2.24, 2.45) is 0 Å². The normalized spacial score (nSPS) is 13.1. The van der Waals surface area contributed by atoms with Crippen LogP contribution in [0.3, 0.4) is 0 Å². The largest absolute Gasteiger partial charge is 0.465 e. The quantitative estimate of drug-likeness (QED) is 0.897. The van der Waals surface area contributed by atoms with Crippen LogP contribution in [-0.4, -0.2) is 14.7 Å². The van der Waals surface area contributed by atoms with Crippen LogP contribution in [0, 0.1) is 0 Å². The van der Waals surface area contributed by atoms with E-state index < -0.39 is 6.10 Å². The maximum Gasteiger partial charge on any atom is 0.151 e. The van der Waals surface area contributed by atoms with E-state index in [9.17, 15) is 5.11 Å². The van der Waals surface area contributed by atoms with Crippen LogP contribution in [0.2, 0.25) is 0 Å². The first-order chi connectivity index (χ1) is 6.29. The fourth-order valence-electron chi connectivity index (χ4n) is 0.925. The Balaban J connectivity index is 2.33. The van der Waals surface area contributed by atoms with Gasteiger partial charge in [-0.05, 0) is 33.5 Å². The summed E-state index contributed by atoms with van der Waals surface area (Å²) in [6, 6.07) is 1.73. The SMILES string of the molecule is OC(c1cnns1)c1occc1Br. The van der Waals surface area contributed by atoms with E-state index in [0.717, 1.165) is 16.0 Å². The highest BCUT2D eigenvalue weighted by molar-refractivity contribution is 9.10. The molecule has 0 saturated heterocycles. The molecule has 6 heteroatoms. The second-order valence-corrected chi connectivity index (χ2v) is 4.03. The molecule has 0 amide bonds. The minimum absolute atomic E-state index is 0.478. The van der Waals surface area contributed by atoms with Crippen molar-refractivity contribution in [3.63, 3.8) is 0 Å². The van der Waals surface area contributed by atoms with Crippen molar-refractivity contribution in [2.75, 3.05) is 0 Å². The van der Waals surface area contributed by atoms with E-state index >= 15 is 0 Å². The van der Waals surface area contributed by atoms with Crippen LogP contribution in [-0.2, 0) is 0 Å². The van der Waals surface area contributed by atoms with Gasteiger partial charge in [0.25, 0.3) is 0 Å². The molecule has 1 unspecified atom stereocenters. The highest BCUT2D eigenvalue weighted by Crippen LogP contribution is 2.30. The molecule has 68 valence electrons. The molecule has 4 nitrogen and oxygen atoms in total. The number of halogens is 1. The second kappa shape index (κ2) is 3.57. The molecule has 2 aromatic rings. The lowest BCUT2D eigenvalue weighted by Gasteiger charge is -2.03. The summed E-state index contributed by atoms with van der Waals surface area (Å²) in [4.78, 5) is 0.663. The summed E-state index contributed by atoms with van der Waals surface area (Å²) in [5.41, 5.74) is 0.